The fraction of sp³-hybridized carbons (Fsp3) is 0.500. The van der Waals surface area contributed by atoms with Gasteiger partial charge < -0.3 is 11.5 Å². The first-order chi connectivity index (χ1) is 2.41. The second kappa shape index (κ2) is 55.5. The number of nitrogens with two attached hydrogens (primary N) is 2. The summed E-state index contributed by atoms with van der Waals surface area (Å²) in [7, 11) is 1.50. The molecule has 0 aliphatic heterocycles. The molecule has 0 aromatic rings. The summed E-state index contributed by atoms with van der Waals surface area (Å²) in [5.41, 5.74) is 8.89. The van der Waals surface area contributed by atoms with E-state index in [9.17, 15) is 0 Å². The Morgan fingerprint density at radius 2 is 1.50 bits per heavy atom. The summed E-state index contributed by atoms with van der Waals surface area (Å²) in [4.78, 5) is 0. The summed E-state index contributed by atoms with van der Waals surface area (Å²) in [6.07, 6.45) is 0.750. The summed E-state index contributed by atoms with van der Waals surface area (Å²) >= 11 is 0. The van der Waals surface area contributed by atoms with Crippen molar-refractivity contribution in [2.75, 3.05) is 7.05 Å². The predicted molar refractivity (Wildman–Crippen MR) is 31.6 cm³/mol. The molecule has 0 atom stereocenters. The second-order valence-electron chi connectivity index (χ2n) is 0.167. The molecule has 0 unspecified atom stereocenters. The van der Waals surface area contributed by atoms with Crippen LogP contribution in [-0.4, -0.2) is 40.7 Å². The van der Waals surface area contributed by atoms with Crippen LogP contribution in [0.4, 0.5) is 0 Å². The molecule has 0 spiro atoms. The van der Waals surface area contributed by atoms with E-state index in [-0.39, 0.29) is 27.3 Å². The van der Waals surface area contributed by atoms with Crippen LogP contribution in [0.3, 0.4) is 0 Å². The molecule has 0 aromatic carbocycles. The molecule has 3 nitrogen and oxygen atoms in total. The van der Waals surface area contributed by atoms with Gasteiger partial charge in [-0.15, -0.1) is 0 Å². The van der Waals surface area contributed by atoms with Crippen molar-refractivity contribution >= 4 is 33.6 Å². The van der Waals surface area contributed by atoms with E-state index in [1.807, 2.05) is 0 Å². The topological polar surface area (TPSA) is 75.9 Å². The summed E-state index contributed by atoms with van der Waals surface area (Å²) < 4.78 is 0. The summed E-state index contributed by atoms with van der Waals surface area (Å²) in [6.45, 7) is 0. The summed E-state index contributed by atoms with van der Waals surface area (Å²) in [5, 5.41) is 5.86. The third kappa shape index (κ3) is 395. The van der Waals surface area contributed by atoms with Gasteiger partial charge in [0.2, 0.25) is 0 Å². The van der Waals surface area contributed by atoms with Crippen LogP contribution in [0.15, 0.2) is 0 Å². The van der Waals surface area contributed by atoms with Crippen molar-refractivity contribution in [2.45, 2.75) is 0 Å². The Hall–Kier alpha value is 0.352. The molecule has 0 aromatic heterocycles. The van der Waals surface area contributed by atoms with Gasteiger partial charge in [0.1, 0.15) is 0 Å². The van der Waals surface area contributed by atoms with E-state index in [4.69, 9.17) is 5.41 Å². The molecule has 5 N–H and O–H groups in total. The Labute approximate surface area is 57.8 Å². The van der Waals surface area contributed by atoms with Crippen LogP contribution in [0, 0.1) is 5.41 Å². The molecule has 0 heterocycles. The average Bonchev–Trinajstić information content (AvgIpc) is 1.46. The van der Waals surface area contributed by atoms with Crippen LogP contribution in [0.25, 0.3) is 0 Å². The van der Waals surface area contributed by atoms with Crippen molar-refractivity contribution in [1.82, 2.24) is 0 Å². The predicted octanol–water partition coefficient (Wildman–Crippen LogP) is -1.79. The monoisotopic (exact) mass is 285 g/mol. The van der Waals surface area contributed by atoms with Crippen molar-refractivity contribution in [3.05, 3.63) is 0 Å². The van der Waals surface area contributed by atoms with Gasteiger partial charge in [-0.1, -0.05) is 0 Å². The Kier molecular flexibility index (Phi) is 150. The Morgan fingerprint density at radius 3 is 1.50 bits per heavy atom. The molecular formula is C2H11N3Pb. The van der Waals surface area contributed by atoms with E-state index in [1.165, 1.54) is 7.05 Å². The molecule has 0 rings (SSSR count). The van der Waals surface area contributed by atoms with Gasteiger partial charge in [0.05, 0.1) is 6.34 Å². The summed E-state index contributed by atoms with van der Waals surface area (Å²) in [6, 6.07) is 0. The van der Waals surface area contributed by atoms with E-state index in [1.54, 1.807) is 0 Å². The Balaban J connectivity index is -0.0000000275. The van der Waals surface area contributed by atoms with Gasteiger partial charge in [0.25, 0.3) is 0 Å². The van der Waals surface area contributed by atoms with Crippen molar-refractivity contribution in [3.63, 3.8) is 0 Å². The molecule has 0 amide bonds. The van der Waals surface area contributed by atoms with E-state index >= 15 is 0 Å². The van der Waals surface area contributed by atoms with Crippen LogP contribution < -0.4 is 11.5 Å². The number of rotatable bonds is 0. The van der Waals surface area contributed by atoms with E-state index in [2.05, 4.69) is 11.5 Å². The third-order valence-corrected chi connectivity index (χ3v) is 0. The van der Waals surface area contributed by atoms with E-state index in [0.29, 0.717) is 0 Å². The number of nitrogens with one attached hydrogen (secondary N) is 1. The minimum atomic E-state index is 0. The van der Waals surface area contributed by atoms with Crippen LogP contribution in [0.1, 0.15) is 0 Å². The zero-order valence-electron chi connectivity index (χ0n) is 3.94. The fourth-order valence-corrected chi connectivity index (χ4v) is 0. The van der Waals surface area contributed by atoms with Gasteiger partial charge in [-0.05, 0) is 7.05 Å². The van der Waals surface area contributed by atoms with Crippen LogP contribution >= 0.6 is 0 Å². The van der Waals surface area contributed by atoms with Gasteiger partial charge in [-0.3, -0.25) is 5.41 Å². The third-order valence-electron chi connectivity index (χ3n) is 0. The van der Waals surface area contributed by atoms with Gasteiger partial charge in [0.15, 0.2) is 0 Å². The molecule has 2 radical (unpaired) electrons. The Bertz CT molecular complexity index is 16.3. The zero-order valence-corrected chi connectivity index (χ0v) is 9.44. The molecule has 0 aliphatic rings. The van der Waals surface area contributed by atoms with Crippen molar-refractivity contribution < 1.29 is 0 Å². The molecule has 0 bridgehead atoms. The maximum absolute atomic E-state index is 5.86. The molecular weight excluding hydrogens is 273 g/mol. The van der Waals surface area contributed by atoms with Gasteiger partial charge in [-0.2, -0.15) is 0 Å². The first kappa shape index (κ1) is 16.2. The fourth-order valence-electron chi connectivity index (χ4n) is 0. The molecule has 0 saturated carbocycles. The first-order valence-electron chi connectivity index (χ1n) is 1.20. The molecule has 6 heavy (non-hydrogen) atoms. The second-order valence-corrected chi connectivity index (χ2v) is 0.167. The van der Waals surface area contributed by atoms with Crippen molar-refractivity contribution in [2.24, 2.45) is 11.5 Å². The van der Waals surface area contributed by atoms with Crippen LogP contribution in [0.2, 0.25) is 0 Å². The molecule has 4 heteroatoms. The van der Waals surface area contributed by atoms with Crippen molar-refractivity contribution in [1.29, 1.82) is 5.41 Å². The van der Waals surface area contributed by atoms with Gasteiger partial charge >= 0.3 is 27.3 Å². The molecule has 0 fully saturated rings. The van der Waals surface area contributed by atoms with E-state index < -0.39 is 0 Å². The van der Waals surface area contributed by atoms with Crippen LogP contribution in [-0.2, 0) is 0 Å². The van der Waals surface area contributed by atoms with E-state index in [0.717, 1.165) is 6.34 Å². The summed E-state index contributed by atoms with van der Waals surface area (Å²) in [5.74, 6) is 0. The SMILES string of the molecule is CN.N=CN.[PbH2]. The maximum atomic E-state index is 5.86. The number of hydrogen-bond acceptors (Lipinski definition) is 2. The standard InChI is InChI=1S/CH4N2.CH5N.Pb.2H/c2-1-3;1-2;;;/h1H,(H3,2,3);2H2,1H3;;;. The van der Waals surface area contributed by atoms with Gasteiger partial charge in [0, 0.05) is 0 Å². The quantitative estimate of drug-likeness (QED) is 0.279. The molecule has 38 valence electrons. The minimum absolute atomic E-state index is 0. The molecule has 0 aliphatic carbocycles. The van der Waals surface area contributed by atoms with Gasteiger partial charge in [-0.25, -0.2) is 0 Å². The zero-order chi connectivity index (χ0) is 4.71. The normalized spacial score (nSPS) is 3.00. The van der Waals surface area contributed by atoms with Crippen molar-refractivity contribution in [3.8, 4) is 0 Å². The molecule has 0 saturated heterocycles. The average molecular weight is 284 g/mol. The first-order valence-corrected chi connectivity index (χ1v) is 1.20. The number of hydrogen-bond donors (Lipinski definition) is 3. The van der Waals surface area contributed by atoms with Crippen LogP contribution in [0.5, 0.6) is 0 Å². The Morgan fingerprint density at radius 1 is 1.50 bits per heavy atom.